The smallest absolute Gasteiger partial charge is 0.0618 e. The van der Waals surface area contributed by atoms with Crippen LogP contribution >= 0.6 is 0 Å². The molecule has 0 radical (unpaired) electrons. The van der Waals surface area contributed by atoms with E-state index in [2.05, 4.69) is 10.2 Å². The first-order chi connectivity index (χ1) is 7.40. The summed E-state index contributed by atoms with van der Waals surface area (Å²) in [5.41, 5.74) is 0. The van der Waals surface area contributed by atoms with Crippen molar-refractivity contribution in [2.75, 3.05) is 39.9 Å². The van der Waals surface area contributed by atoms with E-state index in [4.69, 9.17) is 4.74 Å². The van der Waals surface area contributed by atoms with Crippen LogP contribution in [0.2, 0.25) is 0 Å². The largest absolute Gasteiger partial charge is 0.383 e. The van der Waals surface area contributed by atoms with Crippen LogP contribution in [0.5, 0.6) is 0 Å². The lowest BCUT2D eigenvalue weighted by molar-refractivity contribution is 0.155. The first kappa shape index (κ1) is 11.4. The first-order valence-electron chi connectivity index (χ1n) is 6.35. The van der Waals surface area contributed by atoms with Crippen LogP contribution in [0, 0.1) is 5.92 Å². The average molecular weight is 212 g/mol. The van der Waals surface area contributed by atoms with Gasteiger partial charge >= 0.3 is 0 Å². The Bertz CT molecular complexity index is 176. The fourth-order valence-corrected chi connectivity index (χ4v) is 2.45. The van der Waals surface area contributed by atoms with Gasteiger partial charge in [0.2, 0.25) is 0 Å². The SMILES string of the molecule is COCC(NCCN1CCCC1)C1CC1. The molecule has 0 amide bonds. The molecule has 88 valence electrons. The van der Waals surface area contributed by atoms with Gasteiger partial charge in [-0.15, -0.1) is 0 Å². The van der Waals surface area contributed by atoms with Gasteiger partial charge in [-0.05, 0) is 44.7 Å². The monoisotopic (exact) mass is 212 g/mol. The Hall–Kier alpha value is -0.120. The van der Waals surface area contributed by atoms with Gasteiger partial charge in [-0.2, -0.15) is 0 Å². The molecule has 15 heavy (non-hydrogen) atoms. The Kier molecular flexibility index (Phi) is 4.42. The molecule has 1 saturated heterocycles. The van der Waals surface area contributed by atoms with Crippen molar-refractivity contribution >= 4 is 0 Å². The van der Waals surface area contributed by atoms with Gasteiger partial charge in [0, 0.05) is 26.2 Å². The number of likely N-dealkylation sites (tertiary alicyclic amines) is 1. The summed E-state index contributed by atoms with van der Waals surface area (Å²) in [5, 5.41) is 3.64. The maximum absolute atomic E-state index is 5.25. The van der Waals surface area contributed by atoms with Crippen LogP contribution in [0.4, 0.5) is 0 Å². The summed E-state index contributed by atoms with van der Waals surface area (Å²) < 4.78 is 5.25. The first-order valence-corrected chi connectivity index (χ1v) is 6.35. The summed E-state index contributed by atoms with van der Waals surface area (Å²) in [6, 6.07) is 0.609. The number of rotatable bonds is 7. The third-order valence-electron chi connectivity index (χ3n) is 3.57. The lowest BCUT2D eigenvalue weighted by Crippen LogP contribution is -2.40. The Morgan fingerprint density at radius 1 is 1.33 bits per heavy atom. The summed E-state index contributed by atoms with van der Waals surface area (Å²) in [4.78, 5) is 2.56. The third-order valence-corrected chi connectivity index (χ3v) is 3.57. The summed E-state index contributed by atoms with van der Waals surface area (Å²) in [7, 11) is 1.80. The Balaban J connectivity index is 1.57. The summed E-state index contributed by atoms with van der Waals surface area (Å²) in [5.74, 6) is 0.892. The predicted molar refractivity (Wildman–Crippen MR) is 62.1 cm³/mol. The maximum Gasteiger partial charge on any atom is 0.0618 e. The second-order valence-electron chi connectivity index (χ2n) is 4.90. The van der Waals surface area contributed by atoms with Gasteiger partial charge in [-0.1, -0.05) is 0 Å². The molecular formula is C12H24N2O. The van der Waals surface area contributed by atoms with Crippen LogP contribution < -0.4 is 5.32 Å². The van der Waals surface area contributed by atoms with E-state index in [1.165, 1.54) is 45.3 Å². The molecular weight excluding hydrogens is 188 g/mol. The van der Waals surface area contributed by atoms with Crippen molar-refractivity contribution < 1.29 is 4.74 Å². The van der Waals surface area contributed by atoms with Crippen LogP contribution in [0.25, 0.3) is 0 Å². The molecule has 3 nitrogen and oxygen atoms in total. The van der Waals surface area contributed by atoms with Crippen molar-refractivity contribution in [2.24, 2.45) is 5.92 Å². The highest BCUT2D eigenvalue weighted by Crippen LogP contribution is 2.32. The second-order valence-corrected chi connectivity index (χ2v) is 4.90. The van der Waals surface area contributed by atoms with Gasteiger partial charge in [-0.3, -0.25) is 0 Å². The van der Waals surface area contributed by atoms with Crippen molar-refractivity contribution in [1.29, 1.82) is 0 Å². The molecule has 1 saturated carbocycles. The molecule has 1 heterocycles. The normalized spacial score (nSPS) is 24.6. The molecule has 0 spiro atoms. The van der Waals surface area contributed by atoms with Crippen molar-refractivity contribution in [3.05, 3.63) is 0 Å². The maximum atomic E-state index is 5.25. The Labute approximate surface area is 93.2 Å². The standard InChI is InChI=1S/C12H24N2O/c1-15-10-12(11-4-5-11)13-6-9-14-7-2-3-8-14/h11-13H,2-10H2,1H3. The summed E-state index contributed by atoms with van der Waals surface area (Å²) >= 11 is 0. The minimum atomic E-state index is 0.609. The zero-order valence-corrected chi connectivity index (χ0v) is 9.87. The minimum absolute atomic E-state index is 0.609. The molecule has 2 aliphatic rings. The van der Waals surface area contributed by atoms with Crippen molar-refractivity contribution in [1.82, 2.24) is 10.2 Å². The van der Waals surface area contributed by atoms with E-state index < -0.39 is 0 Å². The van der Waals surface area contributed by atoms with E-state index >= 15 is 0 Å². The van der Waals surface area contributed by atoms with Gasteiger partial charge in [0.05, 0.1) is 6.61 Å². The van der Waals surface area contributed by atoms with E-state index in [9.17, 15) is 0 Å². The fraction of sp³-hybridized carbons (Fsp3) is 1.00. The molecule has 1 aliphatic carbocycles. The predicted octanol–water partition coefficient (Wildman–Crippen LogP) is 1.10. The van der Waals surface area contributed by atoms with Gasteiger partial charge in [0.1, 0.15) is 0 Å². The Morgan fingerprint density at radius 2 is 2.07 bits per heavy atom. The minimum Gasteiger partial charge on any atom is -0.383 e. The lowest BCUT2D eigenvalue weighted by atomic mass is 10.2. The molecule has 1 aliphatic heterocycles. The highest BCUT2D eigenvalue weighted by molar-refractivity contribution is 4.86. The van der Waals surface area contributed by atoms with Crippen molar-refractivity contribution in [3.8, 4) is 0 Å². The van der Waals surface area contributed by atoms with E-state index in [0.29, 0.717) is 6.04 Å². The van der Waals surface area contributed by atoms with E-state index in [1.54, 1.807) is 7.11 Å². The van der Waals surface area contributed by atoms with Gasteiger partial charge in [0.25, 0.3) is 0 Å². The number of nitrogens with zero attached hydrogens (tertiary/aromatic N) is 1. The average Bonchev–Trinajstić information content (AvgIpc) is 2.96. The highest BCUT2D eigenvalue weighted by Gasteiger charge is 2.30. The van der Waals surface area contributed by atoms with Crippen molar-refractivity contribution in [3.63, 3.8) is 0 Å². The molecule has 2 fully saturated rings. The molecule has 0 aromatic carbocycles. The van der Waals surface area contributed by atoms with Crippen LogP contribution in [-0.2, 0) is 4.74 Å². The molecule has 3 heteroatoms. The van der Waals surface area contributed by atoms with Crippen LogP contribution in [0.3, 0.4) is 0 Å². The molecule has 1 unspecified atom stereocenters. The molecule has 1 atom stereocenters. The molecule has 0 bridgehead atoms. The van der Waals surface area contributed by atoms with Crippen molar-refractivity contribution in [2.45, 2.75) is 31.7 Å². The fourth-order valence-electron chi connectivity index (χ4n) is 2.45. The number of nitrogens with one attached hydrogen (secondary N) is 1. The number of hydrogen-bond acceptors (Lipinski definition) is 3. The quantitative estimate of drug-likeness (QED) is 0.684. The molecule has 0 aromatic heterocycles. The molecule has 2 rings (SSSR count). The van der Waals surface area contributed by atoms with Gasteiger partial charge in [0.15, 0.2) is 0 Å². The highest BCUT2D eigenvalue weighted by atomic mass is 16.5. The van der Waals surface area contributed by atoms with Crippen LogP contribution in [0.1, 0.15) is 25.7 Å². The molecule has 1 N–H and O–H groups in total. The zero-order chi connectivity index (χ0) is 10.5. The second kappa shape index (κ2) is 5.83. The summed E-state index contributed by atoms with van der Waals surface area (Å²) in [6.45, 7) is 5.84. The number of hydrogen-bond donors (Lipinski definition) is 1. The zero-order valence-electron chi connectivity index (χ0n) is 9.87. The van der Waals surface area contributed by atoms with E-state index in [-0.39, 0.29) is 0 Å². The topological polar surface area (TPSA) is 24.5 Å². The Morgan fingerprint density at radius 3 is 2.67 bits per heavy atom. The van der Waals surface area contributed by atoms with Crippen LogP contribution in [-0.4, -0.2) is 50.8 Å². The van der Waals surface area contributed by atoms with Crippen LogP contribution in [0.15, 0.2) is 0 Å². The third kappa shape index (κ3) is 3.74. The summed E-state index contributed by atoms with van der Waals surface area (Å²) in [6.07, 6.45) is 5.57. The number of ether oxygens (including phenoxy) is 1. The molecule has 0 aromatic rings. The lowest BCUT2D eigenvalue weighted by Gasteiger charge is -2.20. The van der Waals surface area contributed by atoms with Gasteiger partial charge < -0.3 is 15.0 Å². The van der Waals surface area contributed by atoms with Gasteiger partial charge in [-0.25, -0.2) is 0 Å². The number of methoxy groups -OCH3 is 1. The van der Waals surface area contributed by atoms with E-state index in [1.807, 2.05) is 0 Å². The van der Waals surface area contributed by atoms with E-state index in [0.717, 1.165) is 19.1 Å².